The molecule has 0 heterocycles. The lowest BCUT2D eigenvalue weighted by Gasteiger charge is -2.24. The fourth-order valence-corrected chi connectivity index (χ4v) is 0.901. The maximum atomic E-state index is 3.56. The number of nitrogens with one attached hydrogen (secondary N) is 1. The third-order valence-electron chi connectivity index (χ3n) is 1.66. The van der Waals surface area contributed by atoms with Crippen molar-refractivity contribution in [1.29, 1.82) is 0 Å². The van der Waals surface area contributed by atoms with Gasteiger partial charge in [0.15, 0.2) is 0 Å². The predicted octanol–water partition coefficient (Wildman–Crippen LogP) is 1.17. The standard InChI is InChI=1S/C6H12N/c1-7-5-6-3-2-4-6/h6-7H,1-5H2. The lowest BCUT2D eigenvalue weighted by atomic mass is 9.86. The van der Waals surface area contributed by atoms with Crippen molar-refractivity contribution >= 4 is 0 Å². The number of hydrogen-bond donors (Lipinski definition) is 1. The van der Waals surface area contributed by atoms with E-state index in [0.717, 1.165) is 12.5 Å². The minimum atomic E-state index is 0.956. The van der Waals surface area contributed by atoms with Crippen molar-refractivity contribution < 1.29 is 0 Å². The van der Waals surface area contributed by atoms with Crippen LogP contribution in [0.3, 0.4) is 0 Å². The molecule has 7 heavy (non-hydrogen) atoms. The summed E-state index contributed by atoms with van der Waals surface area (Å²) in [5.74, 6) is 0.956. The first-order valence-corrected chi connectivity index (χ1v) is 2.93. The molecule has 1 heteroatoms. The van der Waals surface area contributed by atoms with E-state index in [4.69, 9.17) is 0 Å². The zero-order valence-electron chi connectivity index (χ0n) is 4.61. The van der Waals surface area contributed by atoms with Crippen LogP contribution in [0, 0.1) is 13.0 Å². The summed E-state index contributed by atoms with van der Waals surface area (Å²) in [6.45, 7) is 1.12. The first-order valence-electron chi connectivity index (χ1n) is 2.93. The third kappa shape index (κ3) is 1.16. The van der Waals surface area contributed by atoms with Crippen LogP contribution in [0.2, 0.25) is 0 Å². The van der Waals surface area contributed by atoms with Crippen LogP contribution in [0.1, 0.15) is 19.3 Å². The van der Waals surface area contributed by atoms with Crippen molar-refractivity contribution in [2.24, 2.45) is 5.92 Å². The van der Waals surface area contributed by atoms with Gasteiger partial charge in [-0.1, -0.05) is 6.42 Å². The van der Waals surface area contributed by atoms with E-state index in [0.29, 0.717) is 0 Å². The van der Waals surface area contributed by atoms with E-state index in [-0.39, 0.29) is 0 Å². The molecule has 0 saturated heterocycles. The highest BCUT2D eigenvalue weighted by Gasteiger charge is 2.14. The van der Waals surface area contributed by atoms with E-state index in [1.54, 1.807) is 0 Å². The molecule has 1 aliphatic carbocycles. The summed E-state index contributed by atoms with van der Waals surface area (Å²) in [7, 11) is 3.56. The van der Waals surface area contributed by atoms with Crippen molar-refractivity contribution in [1.82, 2.24) is 5.32 Å². The van der Waals surface area contributed by atoms with Gasteiger partial charge in [0.05, 0.1) is 0 Å². The average Bonchev–Trinajstić information content (AvgIpc) is 1.55. The van der Waals surface area contributed by atoms with Gasteiger partial charge in [0, 0.05) is 7.05 Å². The van der Waals surface area contributed by atoms with Gasteiger partial charge in [0.25, 0.3) is 0 Å². The topological polar surface area (TPSA) is 12.0 Å². The Morgan fingerprint density at radius 1 is 1.57 bits per heavy atom. The summed E-state index contributed by atoms with van der Waals surface area (Å²) < 4.78 is 0. The Hall–Kier alpha value is -0.0400. The Balaban J connectivity index is 1.93. The summed E-state index contributed by atoms with van der Waals surface area (Å²) in [6.07, 6.45) is 4.28. The van der Waals surface area contributed by atoms with Gasteiger partial charge in [-0.2, -0.15) is 0 Å². The Morgan fingerprint density at radius 2 is 2.29 bits per heavy atom. The molecule has 0 bridgehead atoms. The van der Waals surface area contributed by atoms with Crippen LogP contribution in [0.4, 0.5) is 0 Å². The molecule has 0 spiro atoms. The Bertz CT molecular complexity index is 48.1. The molecule has 1 aliphatic rings. The molecule has 1 saturated carbocycles. The molecule has 0 unspecified atom stereocenters. The zero-order valence-corrected chi connectivity index (χ0v) is 4.61. The highest BCUT2D eigenvalue weighted by atomic mass is 14.8. The molecular formula is C6H12N. The first-order chi connectivity index (χ1) is 3.43. The molecule has 0 aromatic carbocycles. The average molecular weight is 98.2 g/mol. The zero-order chi connectivity index (χ0) is 5.11. The molecule has 0 aliphatic heterocycles. The van der Waals surface area contributed by atoms with Crippen molar-refractivity contribution in [2.45, 2.75) is 19.3 Å². The van der Waals surface area contributed by atoms with Crippen LogP contribution in [0.25, 0.3) is 0 Å². The van der Waals surface area contributed by atoms with Gasteiger partial charge in [0.2, 0.25) is 0 Å². The van der Waals surface area contributed by atoms with E-state index >= 15 is 0 Å². The minimum Gasteiger partial charge on any atom is -0.315 e. The molecule has 1 radical (unpaired) electrons. The smallest absolute Gasteiger partial charge is 0.00768 e. The highest BCUT2D eigenvalue weighted by molar-refractivity contribution is 4.70. The normalized spacial score (nSPS) is 21.9. The van der Waals surface area contributed by atoms with Gasteiger partial charge in [-0.05, 0) is 25.3 Å². The van der Waals surface area contributed by atoms with Crippen LogP contribution in [0.5, 0.6) is 0 Å². The molecule has 1 rings (SSSR count). The second-order valence-electron chi connectivity index (χ2n) is 2.25. The quantitative estimate of drug-likeness (QED) is 0.546. The molecule has 0 aromatic heterocycles. The van der Waals surface area contributed by atoms with E-state index in [1.807, 2.05) is 0 Å². The summed E-state index contributed by atoms with van der Waals surface area (Å²) in [4.78, 5) is 0. The molecular weight excluding hydrogens is 86.1 g/mol. The fraction of sp³-hybridized carbons (Fsp3) is 0.833. The van der Waals surface area contributed by atoms with Crippen molar-refractivity contribution in [3.63, 3.8) is 0 Å². The van der Waals surface area contributed by atoms with Gasteiger partial charge in [-0.25, -0.2) is 0 Å². The molecule has 1 nitrogen and oxygen atoms in total. The molecule has 0 atom stereocenters. The SMILES string of the molecule is [CH2]NCC1CCC1. The lowest BCUT2D eigenvalue weighted by molar-refractivity contribution is 0.312. The van der Waals surface area contributed by atoms with Crippen LogP contribution in [-0.4, -0.2) is 6.54 Å². The lowest BCUT2D eigenvalue weighted by Crippen LogP contribution is -2.22. The van der Waals surface area contributed by atoms with Crippen LogP contribution in [-0.2, 0) is 0 Å². The Labute approximate surface area is 45.1 Å². The van der Waals surface area contributed by atoms with Crippen LogP contribution in [0.15, 0.2) is 0 Å². The third-order valence-corrected chi connectivity index (χ3v) is 1.66. The van der Waals surface area contributed by atoms with Gasteiger partial charge in [0.1, 0.15) is 0 Å². The molecule has 0 aromatic rings. The van der Waals surface area contributed by atoms with E-state index < -0.39 is 0 Å². The minimum absolute atomic E-state index is 0.956. The maximum Gasteiger partial charge on any atom is 0.00768 e. The van der Waals surface area contributed by atoms with Crippen LogP contribution < -0.4 is 5.32 Å². The highest BCUT2D eigenvalue weighted by Crippen LogP contribution is 2.24. The van der Waals surface area contributed by atoms with E-state index in [1.165, 1.54) is 19.3 Å². The van der Waals surface area contributed by atoms with Crippen molar-refractivity contribution in [2.75, 3.05) is 6.54 Å². The molecule has 0 amide bonds. The van der Waals surface area contributed by atoms with Gasteiger partial charge >= 0.3 is 0 Å². The number of rotatable bonds is 2. The number of hydrogen-bond acceptors (Lipinski definition) is 1. The summed E-state index contributed by atoms with van der Waals surface area (Å²) in [5, 5.41) is 2.92. The second-order valence-corrected chi connectivity index (χ2v) is 2.25. The summed E-state index contributed by atoms with van der Waals surface area (Å²) in [6, 6.07) is 0. The van der Waals surface area contributed by atoms with Gasteiger partial charge in [-0.3, -0.25) is 0 Å². The predicted molar refractivity (Wildman–Crippen MR) is 30.7 cm³/mol. The van der Waals surface area contributed by atoms with Gasteiger partial charge in [-0.15, -0.1) is 0 Å². The molecule has 1 fully saturated rings. The van der Waals surface area contributed by atoms with Crippen LogP contribution >= 0.6 is 0 Å². The Kier molecular flexibility index (Phi) is 1.69. The van der Waals surface area contributed by atoms with Gasteiger partial charge < -0.3 is 5.32 Å². The van der Waals surface area contributed by atoms with E-state index in [9.17, 15) is 0 Å². The van der Waals surface area contributed by atoms with Crippen molar-refractivity contribution in [3.8, 4) is 0 Å². The largest absolute Gasteiger partial charge is 0.315 e. The maximum absolute atomic E-state index is 3.56. The first kappa shape index (κ1) is 5.10. The summed E-state index contributed by atoms with van der Waals surface area (Å²) in [5.41, 5.74) is 0. The summed E-state index contributed by atoms with van der Waals surface area (Å²) >= 11 is 0. The monoisotopic (exact) mass is 98.1 g/mol. The van der Waals surface area contributed by atoms with Crippen molar-refractivity contribution in [3.05, 3.63) is 7.05 Å². The molecule has 41 valence electrons. The van der Waals surface area contributed by atoms with E-state index in [2.05, 4.69) is 12.4 Å². The Morgan fingerprint density at radius 3 is 2.43 bits per heavy atom. The fourth-order valence-electron chi connectivity index (χ4n) is 0.901. The second kappa shape index (κ2) is 2.31. The molecule has 1 N–H and O–H groups in total.